The molecule has 7 heteroatoms. The zero-order chi connectivity index (χ0) is 12.6. The van der Waals surface area contributed by atoms with Crippen LogP contribution in [0.15, 0.2) is 18.2 Å². The fourth-order valence-electron chi connectivity index (χ4n) is 1.77. The third-order valence-corrected chi connectivity index (χ3v) is 4.87. The largest absolute Gasteiger partial charge is 0.390 e. The Bertz CT molecular complexity index is 532. The summed E-state index contributed by atoms with van der Waals surface area (Å²) in [5, 5.41) is 13.5. The van der Waals surface area contributed by atoms with Gasteiger partial charge in [-0.2, -0.15) is 0 Å². The molecule has 0 amide bonds. The van der Waals surface area contributed by atoms with E-state index in [0.717, 1.165) is 0 Å². The maximum atomic E-state index is 11.3. The van der Waals surface area contributed by atoms with Crippen molar-refractivity contribution in [2.45, 2.75) is 12.1 Å². The van der Waals surface area contributed by atoms with E-state index in [0.29, 0.717) is 15.7 Å². The van der Waals surface area contributed by atoms with Gasteiger partial charge < -0.3 is 10.4 Å². The highest BCUT2D eigenvalue weighted by atomic mass is 35.5. The summed E-state index contributed by atoms with van der Waals surface area (Å²) in [6, 6.07) is 4.30. The fourth-order valence-corrected chi connectivity index (χ4v) is 3.86. The Kier molecular flexibility index (Phi) is 3.54. The van der Waals surface area contributed by atoms with Crippen LogP contribution in [0.3, 0.4) is 0 Å². The van der Waals surface area contributed by atoms with Crippen molar-refractivity contribution in [2.24, 2.45) is 0 Å². The zero-order valence-electron chi connectivity index (χ0n) is 8.73. The first-order chi connectivity index (χ1) is 7.87. The molecule has 1 aromatic rings. The van der Waals surface area contributed by atoms with Gasteiger partial charge in [0.2, 0.25) is 0 Å². The lowest BCUT2D eigenvalue weighted by Crippen LogP contribution is -2.31. The van der Waals surface area contributed by atoms with E-state index in [2.05, 4.69) is 5.32 Å². The third kappa shape index (κ3) is 3.04. The van der Waals surface area contributed by atoms with Crippen molar-refractivity contribution < 1.29 is 13.5 Å². The summed E-state index contributed by atoms with van der Waals surface area (Å²) in [6.07, 6.45) is -0.921. The molecule has 1 saturated heterocycles. The highest BCUT2D eigenvalue weighted by Crippen LogP contribution is 2.27. The maximum Gasteiger partial charge on any atom is 0.155 e. The van der Waals surface area contributed by atoms with Crippen LogP contribution in [-0.4, -0.2) is 37.2 Å². The Balaban J connectivity index is 2.19. The summed E-state index contributed by atoms with van der Waals surface area (Å²) >= 11 is 11.8. The average Bonchev–Trinajstić information content (AvgIpc) is 2.46. The number of halogens is 2. The molecular weight excluding hydrogens is 285 g/mol. The van der Waals surface area contributed by atoms with Crippen molar-refractivity contribution in [1.29, 1.82) is 0 Å². The minimum atomic E-state index is -3.18. The molecule has 2 rings (SSSR count). The molecule has 2 N–H and O–H groups in total. The fraction of sp³-hybridized carbons (Fsp3) is 0.400. The van der Waals surface area contributed by atoms with Crippen molar-refractivity contribution in [3.8, 4) is 0 Å². The summed E-state index contributed by atoms with van der Waals surface area (Å²) in [5.74, 6) is -0.320. The van der Waals surface area contributed by atoms with Gasteiger partial charge in [0.25, 0.3) is 0 Å². The number of hydrogen-bond donors (Lipinski definition) is 2. The summed E-state index contributed by atoms with van der Waals surface area (Å²) in [7, 11) is -3.18. The predicted octanol–water partition coefficient (Wildman–Crippen LogP) is 1.56. The SMILES string of the molecule is O=S1(=O)CC(O)C(Nc2cc(Cl)ccc2Cl)C1. The Labute approximate surface area is 109 Å². The highest BCUT2D eigenvalue weighted by Gasteiger charge is 2.36. The molecule has 0 spiro atoms. The molecule has 0 aliphatic carbocycles. The lowest BCUT2D eigenvalue weighted by molar-refractivity contribution is 0.190. The van der Waals surface area contributed by atoms with Crippen LogP contribution in [0.5, 0.6) is 0 Å². The Hall–Kier alpha value is -0.490. The molecule has 2 unspecified atom stereocenters. The number of aliphatic hydroxyl groups is 1. The second-order valence-electron chi connectivity index (χ2n) is 4.02. The number of sulfone groups is 1. The Morgan fingerprint density at radius 3 is 2.59 bits per heavy atom. The van der Waals surface area contributed by atoms with Gasteiger partial charge >= 0.3 is 0 Å². The molecule has 0 bridgehead atoms. The molecule has 4 nitrogen and oxygen atoms in total. The summed E-state index contributed by atoms with van der Waals surface area (Å²) in [5.41, 5.74) is 0.528. The van der Waals surface area contributed by atoms with Crippen LogP contribution in [0.2, 0.25) is 10.0 Å². The lowest BCUT2D eigenvalue weighted by Gasteiger charge is -2.17. The quantitative estimate of drug-likeness (QED) is 0.869. The number of hydrogen-bond acceptors (Lipinski definition) is 4. The number of aliphatic hydroxyl groups excluding tert-OH is 1. The van der Waals surface area contributed by atoms with E-state index < -0.39 is 22.0 Å². The van der Waals surface area contributed by atoms with Crippen LogP contribution >= 0.6 is 23.2 Å². The van der Waals surface area contributed by atoms with Crippen molar-refractivity contribution in [3.63, 3.8) is 0 Å². The molecule has 0 radical (unpaired) electrons. The molecule has 2 atom stereocenters. The standard InChI is InChI=1S/C10H11Cl2NO3S/c11-6-1-2-7(12)8(3-6)13-9-4-17(15,16)5-10(9)14/h1-3,9-10,13-14H,4-5H2. The van der Waals surface area contributed by atoms with Gasteiger partial charge in [-0.05, 0) is 18.2 Å². The molecule has 1 aromatic carbocycles. The van der Waals surface area contributed by atoms with Crippen LogP contribution in [0.4, 0.5) is 5.69 Å². The van der Waals surface area contributed by atoms with Crippen molar-refractivity contribution >= 4 is 38.7 Å². The Morgan fingerprint density at radius 1 is 1.29 bits per heavy atom. The molecule has 17 heavy (non-hydrogen) atoms. The highest BCUT2D eigenvalue weighted by molar-refractivity contribution is 7.91. The van der Waals surface area contributed by atoms with Crippen LogP contribution in [-0.2, 0) is 9.84 Å². The Morgan fingerprint density at radius 2 is 2.00 bits per heavy atom. The van der Waals surface area contributed by atoms with Crippen molar-refractivity contribution in [3.05, 3.63) is 28.2 Å². The van der Waals surface area contributed by atoms with Gasteiger partial charge in [0.1, 0.15) is 0 Å². The van der Waals surface area contributed by atoms with E-state index in [9.17, 15) is 13.5 Å². The first kappa shape index (κ1) is 13.0. The molecule has 1 heterocycles. The summed E-state index contributed by atoms with van der Waals surface area (Å²) < 4.78 is 22.7. The monoisotopic (exact) mass is 295 g/mol. The number of benzene rings is 1. The van der Waals surface area contributed by atoms with E-state index in [-0.39, 0.29) is 11.5 Å². The number of nitrogens with one attached hydrogen (secondary N) is 1. The molecule has 1 aliphatic rings. The van der Waals surface area contributed by atoms with Crippen molar-refractivity contribution in [1.82, 2.24) is 0 Å². The van der Waals surface area contributed by atoms with Gasteiger partial charge in [-0.25, -0.2) is 8.42 Å². The third-order valence-electron chi connectivity index (χ3n) is 2.59. The topological polar surface area (TPSA) is 66.4 Å². The van der Waals surface area contributed by atoms with Gasteiger partial charge in [0, 0.05) is 5.02 Å². The summed E-state index contributed by atoms with van der Waals surface area (Å²) in [4.78, 5) is 0. The van der Waals surface area contributed by atoms with E-state index in [1.165, 1.54) is 0 Å². The maximum absolute atomic E-state index is 11.3. The van der Waals surface area contributed by atoms with Crippen LogP contribution < -0.4 is 5.32 Å². The number of rotatable bonds is 2. The predicted molar refractivity (Wildman–Crippen MR) is 68.5 cm³/mol. The van der Waals surface area contributed by atoms with Crippen molar-refractivity contribution in [2.75, 3.05) is 16.8 Å². The number of anilines is 1. The van der Waals surface area contributed by atoms with Gasteiger partial charge in [-0.3, -0.25) is 0 Å². The smallest absolute Gasteiger partial charge is 0.155 e. The second-order valence-corrected chi connectivity index (χ2v) is 7.02. The normalized spacial score (nSPS) is 27.0. The zero-order valence-corrected chi connectivity index (χ0v) is 11.1. The van der Waals surface area contributed by atoms with Gasteiger partial charge in [0.05, 0.1) is 34.4 Å². The van der Waals surface area contributed by atoms with Crippen LogP contribution in [0.1, 0.15) is 0 Å². The van der Waals surface area contributed by atoms with Crippen LogP contribution in [0.25, 0.3) is 0 Å². The van der Waals surface area contributed by atoms with E-state index in [4.69, 9.17) is 23.2 Å². The second kappa shape index (κ2) is 4.65. The molecule has 1 fully saturated rings. The first-order valence-electron chi connectivity index (χ1n) is 4.97. The first-order valence-corrected chi connectivity index (χ1v) is 7.55. The molecule has 1 aliphatic heterocycles. The van der Waals surface area contributed by atoms with Gasteiger partial charge in [0.15, 0.2) is 9.84 Å². The minimum absolute atomic E-state index is 0.100. The van der Waals surface area contributed by atoms with Crippen LogP contribution in [0, 0.1) is 0 Å². The summed E-state index contributed by atoms with van der Waals surface area (Å²) in [6.45, 7) is 0. The van der Waals surface area contributed by atoms with E-state index in [1.807, 2.05) is 0 Å². The minimum Gasteiger partial charge on any atom is -0.390 e. The molecule has 0 aromatic heterocycles. The molecule has 0 saturated carbocycles. The molecule has 94 valence electrons. The van der Waals surface area contributed by atoms with E-state index in [1.54, 1.807) is 18.2 Å². The van der Waals surface area contributed by atoms with Gasteiger partial charge in [-0.15, -0.1) is 0 Å². The lowest BCUT2D eigenvalue weighted by atomic mass is 10.2. The van der Waals surface area contributed by atoms with Gasteiger partial charge in [-0.1, -0.05) is 23.2 Å². The molecular formula is C10H11Cl2NO3S. The van der Waals surface area contributed by atoms with E-state index >= 15 is 0 Å². The average molecular weight is 296 g/mol.